The van der Waals surface area contributed by atoms with Gasteiger partial charge < -0.3 is 10.0 Å². The van der Waals surface area contributed by atoms with Crippen LogP contribution >= 0.6 is 0 Å². The first-order valence-corrected chi connectivity index (χ1v) is 7.59. The van der Waals surface area contributed by atoms with Crippen molar-refractivity contribution in [3.63, 3.8) is 0 Å². The molecular weight excluding hydrogens is 250 g/mol. The van der Waals surface area contributed by atoms with E-state index in [0.717, 1.165) is 5.92 Å². The van der Waals surface area contributed by atoms with Gasteiger partial charge >= 0.3 is 0 Å². The number of aliphatic hydroxyl groups is 1. The zero-order valence-electron chi connectivity index (χ0n) is 13.6. The van der Waals surface area contributed by atoms with E-state index < -0.39 is 5.60 Å². The first kappa shape index (κ1) is 17.5. The van der Waals surface area contributed by atoms with Crippen molar-refractivity contribution in [2.24, 2.45) is 0 Å². The van der Waals surface area contributed by atoms with Gasteiger partial charge in [-0.05, 0) is 59.8 Å². The molecule has 0 aromatic heterocycles. The molecule has 113 valence electrons. The smallest absolute Gasteiger partial charge is 0.231 e. The van der Waals surface area contributed by atoms with Gasteiger partial charge in [-0.3, -0.25) is 4.79 Å². The van der Waals surface area contributed by atoms with Crippen molar-refractivity contribution in [1.29, 1.82) is 0 Å². The van der Waals surface area contributed by atoms with Crippen molar-refractivity contribution in [2.75, 3.05) is 0 Å². The number of hydrogen-bond donors (Lipinski definition) is 1. The molecule has 20 heavy (non-hydrogen) atoms. The van der Waals surface area contributed by atoms with E-state index in [-0.39, 0.29) is 18.0 Å². The second kappa shape index (κ2) is 6.93. The maximum atomic E-state index is 12.8. The van der Waals surface area contributed by atoms with Gasteiger partial charge in [0.1, 0.15) is 0 Å². The van der Waals surface area contributed by atoms with Gasteiger partial charge in [0.2, 0.25) is 5.91 Å². The van der Waals surface area contributed by atoms with Gasteiger partial charge in [-0.2, -0.15) is 0 Å². The zero-order chi connectivity index (χ0) is 15.5. The third-order valence-corrected chi connectivity index (χ3v) is 4.06. The summed E-state index contributed by atoms with van der Waals surface area (Å²) < 4.78 is 0. The topological polar surface area (TPSA) is 40.5 Å². The fraction of sp³-hybridized carbons (Fsp3) is 0.647. The summed E-state index contributed by atoms with van der Waals surface area (Å²) in [6, 6.07) is 0.281. The Labute approximate surface area is 124 Å². The van der Waals surface area contributed by atoms with Crippen LogP contribution in [0, 0.1) is 31.1 Å². The van der Waals surface area contributed by atoms with Crippen molar-refractivity contribution in [1.82, 2.24) is 4.90 Å². The van der Waals surface area contributed by atoms with E-state index in [1.165, 1.54) is 0 Å². The zero-order valence-corrected chi connectivity index (χ0v) is 13.6. The second-order valence-electron chi connectivity index (χ2n) is 5.99. The van der Waals surface area contributed by atoms with E-state index in [2.05, 4.69) is 0 Å². The summed E-state index contributed by atoms with van der Waals surface area (Å²) in [7, 11) is 0. The van der Waals surface area contributed by atoms with Crippen molar-refractivity contribution in [3.8, 4) is 0 Å². The fourth-order valence-electron chi connectivity index (χ4n) is 2.85. The molecule has 0 bridgehead atoms. The number of carbonyl (C=O) groups excluding carboxylic acids is 1. The monoisotopic (exact) mass is 278 g/mol. The van der Waals surface area contributed by atoms with E-state index in [1.807, 2.05) is 65.7 Å². The molecule has 1 fully saturated rings. The van der Waals surface area contributed by atoms with Crippen LogP contribution in [0.2, 0.25) is 0 Å². The number of nitrogens with zero attached hydrogens (tertiary/aromatic N) is 1. The molecule has 0 aromatic carbocycles. The van der Waals surface area contributed by atoms with Crippen molar-refractivity contribution < 1.29 is 9.90 Å². The number of carbonyl (C=O) groups is 1. The van der Waals surface area contributed by atoms with Gasteiger partial charge in [-0.25, -0.2) is 0 Å². The predicted octanol–water partition coefficient (Wildman–Crippen LogP) is 2.96. The number of rotatable bonds is 6. The molecule has 1 saturated carbocycles. The van der Waals surface area contributed by atoms with E-state index in [1.54, 1.807) is 0 Å². The summed E-state index contributed by atoms with van der Waals surface area (Å²) in [5.74, 6) is 1.41. The summed E-state index contributed by atoms with van der Waals surface area (Å²) in [4.78, 5) is 14.7. The molecule has 0 unspecified atom stereocenters. The number of hydrogen-bond acceptors (Lipinski definition) is 2. The lowest BCUT2D eigenvalue weighted by molar-refractivity contribution is -0.132. The molecule has 5 radical (unpaired) electrons. The highest BCUT2D eigenvalue weighted by Gasteiger charge is 2.47. The Balaban J connectivity index is 2.96. The molecule has 1 N–H and O–H groups in total. The van der Waals surface area contributed by atoms with Crippen LogP contribution < -0.4 is 0 Å². The SMILES string of the molecule is CCC(O)(CC)[C]1[CH][CH][CH][C]1C(=O)N(C(C)C)C(C)C. The van der Waals surface area contributed by atoms with Gasteiger partial charge in [-0.1, -0.05) is 13.8 Å². The maximum Gasteiger partial charge on any atom is 0.231 e. The lowest BCUT2D eigenvalue weighted by Gasteiger charge is -2.38. The molecule has 3 heteroatoms. The molecule has 0 aliphatic heterocycles. The Morgan fingerprint density at radius 3 is 2.05 bits per heavy atom. The lowest BCUT2D eigenvalue weighted by atomic mass is 9.76. The first-order chi connectivity index (χ1) is 9.28. The standard InChI is InChI=1S/C17H28NO2/c1-7-17(20,8-2)15-11-9-10-14(15)16(19)18(12(3)4)13(5)6/h9-13,20H,7-8H2,1-6H3. The van der Waals surface area contributed by atoms with Crippen molar-refractivity contribution >= 4 is 5.91 Å². The average Bonchev–Trinajstić information content (AvgIpc) is 2.86. The summed E-state index contributed by atoms with van der Waals surface area (Å²) >= 11 is 0. The van der Waals surface area contributed by atoms with Gasteiger partial charge in [0.15, 0.2) is 0 Å². The van der Waals surface area contributed by atoms with Gasteiger partial charge in [-0.15, -0.1) is 0 Å². The van der Waals surface area contributed by atoms with Gasteiger partial charge in [0.05, 0.1) is 11.5 Å². The molecule has 3 nitrogen and oxygen atoms in total. The van der Waals surface area contributed by atoms with Crippen LogP contribution in [0.1, 0.15) is 54.4 Å². The normalized spacial score (nSPS) is 18.2. The predicted molar refractivity (Wildman–Crippen MR) is 82.0 cm³/mol. The highest BCUT2D eigenvalue weighted by molar-refractivity contribution is 5.98. The summed E-state index contributed by atoms with van der Waals surface area (Å²) in [5.41, 5.74) is -0.909. The van der Waals surface area contributed by atoms with Gasteiger partial charge in [0, 0.05) is 18.0 Å². The highest BCUT2D eigenvalue weighted by Crippen LogP contribution is 2.45. The largest absolute Gasteiger partial charge is 0.389 e. The van der Waals surface area contributed by atoms with Crippen LogP contribution in [0.25, 0.3) is 0 Å². The molecule has 1 amide bonds. The second-order valence-corrected chi connectivity index (χ2v) is 5.99. The van der Waals surface area contributed by atoms with Crippen molar-refractivity contribution in [3.05, 3.63) is 31.1 Å². The third-order valence-electron chi connectivity index (χ3n) is 4.06. The summed E-state index contributed by atoms with van der Waals surface area (Å²) in [6.45, 7) is 12.0. The fourth-order valence-corrected chi connectivity index (χ4v) is 2.85. The van der Waals surface area contributed by atoms with E-state index in [0.29, 0.717) is 18.8 Å². The quantitative estimate of drug-likeness (QED) is 0.811. The molecule has 1 aliphatic carbocycles. The van der Waals surface area contributed by atoms with E-state index in [9.17, 15) is 9.90 Å². The number of amides is 1. The summed E-state index contributed by atoms with van der Waals surface area (Å²) in [5, 5.41) is 10.7. The Hall–Kier alpha value is -0.570. The lowest BCUT2D eigenvalue weighted by Crippen LogP contribution is -2.48. The molecule has 0 saturated heterocycles. The molecule has 0 atom stereocenters. The Bertz CT molecular complexity index is 313. The molecule has 0 aromatic rings. The first-order valence-electron chi connectivity index (χ1n) is 7.59. The van der Waals surface area contributed by atoms with Crippen LogP contribution in [-0.4, -0.2) is 33.6 Å². The minimum Gasteiger partial charge on any atom is -0.389 e. The maximum absolute atomic E-state index is 12.8. The minimum absolute atomic E-state index is 0.00956. The average molecular weight is 278 g/mol. The highest BCUT2D eigenvalue weighted by atomic mass is 16.3. The van der Waals surface area contributed by atoms with Crippen LogP contribution in [0.5, 0.6) is 0 Å². The van der Waals surface area contributed by atoms with Crippen LogP contribution in [0.3, 0.4) is 0 Å². The molecular formula is C17H28NO2. The van der Waals surface area contributed by atoms with E-state index in [4.69, 9.17) is 0 Å². The molecule has 0 heterocycles. The summed E-state index contributed by atoms with van der Waals surface area (Å²) in [6.07, 6.45) is 6.77. The Morgan fingerprint density at radius 2 is 1.65 bits per heavy atom. The minimum atomic E-state index is -0.909. The molecule has 1 rings (SSSR count). The molecule has 1 aliphatic rings. The van der Waals surface area contributed by atoms with E-state index >= 15 is 0 Å². The van der Waals surface area contributed by atoms with Crippen LogP contribution in [0.15, 0.2) is 0 Å². The van der Waals surface area contributed by atoms with Crippen molar-refractivity contribution in [2.45, 2.75) is 72.1 Å². The van der Waals surface area contributed by atoms with Gasteiger partial charge in [0.25, 0.3) is 0 Å². The molecule has 0 spiro atoms. The Kier molecular flexibility index (Phi) is 6.06. The Morgan fingerprint density at radius 1 is 1.15 bits per heavy atom. The van der Waals surface area contributed by atoms with Crippen LogP contribution in [0.4, 0.5) is 0 Å². The van der Waals surface area contributed by atoms with Crippen LogP contribution in [-0.2, 0) is 4.79 Å². The third kappa shape index (κ3) is 3.36.